The Kier molecular flexibility index (Phi) is 2.17. The lowest BCUT2D eigenvalue weighted by molar-refractivity contribution is 0.421. The second-order valence-electron chi connectivity index (χ2n) is 2.68. The van der Waals surface area contributed by atoms with Crippen molar-refractivity contribution in [2.45, 2.75) is 0 Å². The lowest BCUT2D eigenvalue weighted by Crippen LogP contribution is -1.85. The van der Waals surface area contributed by atoms with Gasteiger partial charge in [0.15, 0.2) is 0 Å². The molecule has 0 saturated heterocycles. The van der Waals surface area contributed by atoms with E-state index in [1.54, 1.807) is 18.4 Å². The molecule has 2 aromatic rings. The molecule has 0 spiro atoms. The molecule has 0 fully saturated rings. The Bertz CT molecular complexity index is 452. The average Bonchev–Trinajstić information content (AvgIpc) is 2.47. The number of rotatable bonds is 1. The molecule has 1 aromatic heterocycles. The van der Waals surface area contributed by atoms with Crippen LogP contribution in [-0.4, -0.2) is 7.11 Å². The smallest absolute Gasteiger partial charge is 0.137 e. The van der Waals surface area contributed by atoms with E-state index in [1.807, 2.05) is 17.5 Å². The predicted molar refractivity (Wildman–Crippen MR) is 60.5 cm³/mol. The van der Waals surface area contributed by atoms with E-state index >= 15 is 0 Å². The van der Waals surface area contributed by atoms with E-state index in [1.165, 1.54) is 4.70 Å². The van der Waals surface area contributed by atoms with Crippen LogP contribution in [0.15, 0.2) is 22.0 Å². The molecular weight excluding hydrogens is 250 g/mol. The molecule has 68 valence electrons. The van der Waals surface area contributed by atoms with E-state index in [0.717, 1.165) is 21.3 Å². The highest BCUT2D eigenvalue weighted by Crippen LogP contribution is 2.38. The molecule has 1 aromatic carbocycles. The van der Waals surface area contributed by atoms with Crippen LogP contribution in [0.3, 0.4) is 0 Å². The van der Waals surface area contributed by atoms with E-state index in [4.69, 9.17) is 10.5 Å². The van der Waals surface area contributed by atoms with Gasteiger partial charge < -0.3 is 10.5 Å². The van der Waals surface area contributed by atoms with Crippen molar-refractivity contribution < 1.29 is 4.74 Å². The summed E-state index contributed by atoms with van der Waals surface area (Å²) in [6, 6.07) is 3.83. The second kappa shape index (κ2) is 3.20. The van der Waals surface area contributed by atoms with Crippen LogP contribution in [0, 0.1) is 0 Å². The van der Waals surface area contributed by atoms with E-state index in [2.05, 4.69) is 15.9 Å². The van der Waals surface area contributed by atoms with Crippen LogP contribution in [-0.2, 0) is 0 Å². The first-order valence-electron chi connectivity index (χ1n) is 3.72. The molecule has 0 bridgehead atoms. The van der Waals surface area contributed by atoms with E-state index in [-0.39, 0.29) is 0 Å². The number of methoxy groups -OCH3 is 1. The van der Waals surface area contributed by atoms with Crippen molar-refractivity contribution in [3.05, 3.63) is 22.0 Å². The van der Waals surface area contributed by atoms with Gasteiger partial charge in [-0.25, -0.2) is 0 Å². The monoisotopic (exact) mass is 257 g/mol. The number of benzene rings is 1. The zero-order chi connectivity index (χ0) is 9.42. The summed E-state index contributed by atoms with van der Waals surface area (Å²) in [5.41, 5.74) is 6.47. The first kappa shape index (κ1) is 8.84. The van der Waals surface area contributed by atoms with Gasteiger partial charge in [-0.2, -0.15) is 0 Å². The Morgan fingerprint density at radius 3 is 2.92 bits per heavy atom. The van der Waals surface area contributed by atoms with Crippen molar-refractivity contribution in [2.75, 3.05) is 12.8 Å². The van der Waals surface area contributed by atoms with Crippen LogP contribution in [0.1, 0.15) is 0 Å². The van der Waals surface area contributed by atoms with Crippen molar-refractivity contribution in [2.24, 2.45) is 0 Å². The van der Waals surface area contributed by atoms with Crippen LogP contribution in [0.25, 0.3) is 10.1 Å². The van der Waals surface area contributed by atoms with Crippen LogP contribution in [0.5, 0.6) is 5.75 Å². The van der Waals surface area contributed by atoms with Crippen LogP contribution < -0.4 is 10.5 Å². The third-order valence-corrected chi connectivity index (χ3v) is 3.73. The molecule has 0 aliphatic rings. The number of anilines is 1. The largest absolute Gasteiger partial charge is 0.495 e. The molecule has 13 heavy (non-hydrogen) atoms. The van der Waals surface area contributed by atoms with E-state index < -0.39 is 0 Å². The number of hydrogen-bond acceptors (Lipinski definition) is 3. The minimum absolute atomic E-state index is 0.746. The summed E-state index contributed by atoms with van der Waals surface area (Å²) < 4.78 is 7.41. The molecule has 0 aliphatic heterocycles. The van der Waals surface area contributed by atoms with Gasteiger partial charge in [0.25, 0.3) is 0 Å². The molecular formula is C9H8BrNOS. The molecule has 1 heterocycles. The zero-order valence-corrected chi connectivity index (χ0v) is 9.41. The first-order valence-corrected chi connectivity index (χ1v) is 5.40. The Balaban J connectivity index is 2.82. The summed E-state index contributed by atoms with van der Waals surface area (Å²) in [4.78, 5) is 0. The Morgan fingerprint density at radius 2 is 2.23 bits per heavy atom. The Hall–Kier alpha value is -0.740. The van der Waals surface area contributed by atoms with Gasteiger partial charge in [0.2, 0.25) is 0 Å². The lowest BCUT2D eigenvalue weighted by Gasteiger charge is -1.99. The number of halogens is 1. The Labute approximate surface area is 88.4 Å². The van der Waals surface area contributed by atoms with Gasteiger partial charge in [0, 0.05) is 20.9 Å². The lowest BCUT2D eigenvalue weighted by atomic mass is 10.2. The summed E-state index contributed by atoms with van der Waals surface area (Å²) in [6.07, 6.45) is 0. The fraction of sp³-hybridized carbons (Fsp3) is 0.111. The number of ether oxygens (including phenoxy) is 1. The van der Waals surface area contributed by atoms with Gasteiger partial charge in [-0.15, -0.1) is 11.3 Å². The molecule has 4 heteroatoms. The molecule has 0 aliphatic carbocycles. The number of thiophene rings is 1. The van der Waals surface area contributed by atoms with Crippen molar-refractivity contribution in [3.63, 3.8) is 0 Å². The van der Waals surface area contributed by atoms with Crippen LogP contribution in [0.4, 0.5) is 5.69 Å². The second-order valence-corrected chi connectivity index (χ2v) is 4.42. The van der Waals surface area contributed by atoms with Crippen molar-refractivity contribution in [3.8, 4) is 5.75 Å². The fourth-order valence-corrected chi connectivity index (χ4v) is 2.92. The number of fused-ring (bicyclic) bond motifs is 1. The SMILES string of the molecule is COc1csc2c(Br)cc(N)cc12. The molecule has 0 unspecified atom stereocenters. The number of hydrogen-bond donors (Lipinski definition) is 1. The molecule has 0 saturated carbocycles. The highest BCUT2D eigenvalue weighted by Gasteiger charge is 2.07. The van der Waals surface area contributed by atoms with Crippen molar-refractivity contribution in [1.82, 2.24) is 0 Å². The minimum Gasteiger partial charge on any atom is -0.495 e. The predicted octanol–water partition coefficient (Wildman–Crippen LogP) is 3.25. The third kappa shape index (κ3) is 1.40. The maximum Gasteiger partial charge on any atom is 0.137 e. The summed E-state index contributed by atoms with van der Waals surface area (Å²) >= 11 is 5.11. The van der Waals surface area contributed by atoms with Crippen LogP contribution in [0.2, 0.25) is 0 Å². The van der Waals surface area contributed by atoms with E-state index in [9.17, 15) is 0 Å². The van der Waals surface area contributed by atoms with Crippen molar-refractivity contribution in [1.29, 1.82) is 0 Å². The number of nitrogens with two attached hydrogens (primary N) is 1. The first-order chi connectivity index (χ1) is 6.22. The summed E-state index contributed by atoms with van der Waals surface area (Å²) in [6.45, 7) is 0. The van der Waals surface area contributed by atoms with Gasteiger partial charge in [-0.3, -0.25) is 0 Å². The zero-order valence-electron chi connectivity index (χ0n) is 7.00. The summed E-state index contributed by atoms with van der Waals surface area (Å²) in [5.74, 6) is 0.882. The third-order valence-electron chi connectivity index (χ3n) is 1.84. The fourth-order valence-electron chi connectivity index (χ4n) is 1.25. The molecule has 0 amide bonds. The molecule has 2 N–H and O–H groups in total. The summed E-state index contributed by atoms with van der Waals surface area (Å²) in [7, 11) is 1.67. The quantitative estimate of drug-likeness (QED) is 0.797. The maximum absolute atomic E-state index is 5.73. The van der Waals surface area contributed by atoms with Gasteiger partial charge in [0.05, 0.1) is 11.8 Å². The normalized spacial score (nSPS) is 10.6. The van der Waals surface area contributed by atoms with Crippen molar-refractivity contribution >= 4 is 43.0 Å². The van der Waals surface area contributed by atoms with Crippen LogP contribution >= 0.6 is 27.3 Å². The standard InChI is InChI=1S/C9H8BrNOS/c1-12-8-4-13-9-6(8)2-5(11)3-7(9)10/h2-4H,11H2,1H3. The van der Waals surface area contributed by atoms with Gasteiger partial charge in [-0.05, 0) is 28.1 Å². The topological polar surface area (TPSA) is 35.2 Å². The molecule has 2 rings (SSSR count). The molecule has 0 radical (unpaired) electrons. The van der Waals surface area contributed by atoms with Gasteiger partial charge in [0.1, 0.15) is 5.75 Å². The molecule has 2 nitrogen and oxygen atoms in total. The number of nitrogen functional groups attached to an aromatic ring is 1. The highest BCUT2D eigenvalue weighted by molar-refractivity contribution is 9.10. The minimum atomic E-state index is 0.746. The summed E-state index contributed by atoms with van der Waals surface area (Å²) in [5, 5.41) is 3.05. The molecule has 0 atom stereocenters. The average molecular weight is 258 g/mol. The maximum atomic E-state index is 5.73. The Morgan fingerprint density at radius 1 is 1.46 bits per heavy atom. The highest BCUT2D eigenvalue weighted by atomic mass is 79.9. The van der Waals surface area contributed by atoms with E-state index in [0.29, 0.717) is 0 Å². The van der Waals surface area contributed by atoms with Gasteiger partial charge in [-0.1, -0.05) is 0 Å². The van der Waals surface area contributed by atoms with Gasteiger partial charge >= 0.3 is 0 Å².